The average molecular weight is 543 g/mol. The van der Waals surface area contributed by atoms with E-state index in [0.717, 1.165) is 25.9 Å². The van der Waals surface area contributed by atoms with Crippen LogP contribution in [0.15, 0.2) is 59.0 Å². The smallest absolute Gasteiger partial charge is 0.238 e. The van der Waals surface area contributed by atoms with Gasteiger partial charge in [-0.2, -0.15) is 0 Å². The molecular formula is C28H38N4O5S. The molecular weight excluding hydrogens is 504 g/mol. The second-order valence-corrected chi connectivity index (χ2v) is 12.2. The van der Waals surface area contributed by atoms with Gasteiger partial charge in [0, 0.05) is 6.04 Å². The van der Waals surface area contributed by atoms with E-state index >= 15 is 0 Å². The van der Waals surface area contributed by atoms with Crippen LogP contribution in [0.25, 0.3) is 11.1 Å². The predicted octanol–water partition coefficient (Wildman–Crippen LogP) is 2.81. The zero-order chi connectivity index (χ0) is 27.1. The summed E-state index contributed by atoms with van der Waals surface area (Å²) < 4.78 is 32.3. The van der Waals surface area contributed by atoms with Crippen LogP contribution in [0.1, 0.15) is 50.2 Å². The van der Waals surface area contributed by atoms with Crippen LogP contribution in [0.5, 0.6) is 0 Å². The Morgan fingerprint density at radius 2 is 1.84 bits per heavy atom. The molecule has 0 radical (unpaired) electrons. The molecule has 4 rings (SSSR count). The van der Waals surface area contributed by atoms with Gasteiger partial charge in [-0.3, -0.25) is 9.69 Å². The fraction of sp³-hybridized carbons (Fsp3) is 0.500. The van der Waals surface area contributed by atoms with E-state index in [-0.39, 0.29) is 23.4 Å². The van der Waals surface area contributed by atoms with Gasteiger partial charge in [-0.05, 0) is 57.1 Å². The highest BCUT2D eigenvalue weighted by molar-refractivity contribution is 7.90. The maximum Gasteiger partial charge on any atom is 0.238 e. The lowest BCUT2D eigenvalue weighted by Crippen LogP contribution is -2.56. The molecule has 0 saturated carbocycles. The number of benzene rings is 2. The molecule has 3 aromatic rings. The number of carbonyl (C=O) groups excluding carboxylic acids is 1. The van der Waals surface area contributed by atoms with E-state index in [9.17, 15) is 18.3 Å². The molecule has 3 N–H and O–H groups in total. The maximum absolute atomic E-state index is 13.8. The van der Waals surface area contributed by atoms with E-state index in [1.807, 2.05) is 37.1 Å². The van der Waals surface area contributed by atoms with Crippen molar-refractivity contribution in [2.75, 3.05) is 25.9 Å². The number of aromatic nitrogens is 1. The number of aliphatic hydroxyl groups is 1. The Kier molecular flexibility index (Phi) is 9.54. The van der Waals surface area contributed by atoms with Gasteiger partial charge in [0.05, 0.1) is 17.5 Å². The highest BCUT2D eigenvalue weighted by Gasteiger charge is 2.36. The summed E-state index contributed by atoms with van der Waals surface area (Å²) in [7, 11) is -1.79. The molecule has 38 heavy (non-hydrogen) atoms. The largest absolute Gasteiger partial charge is 0.438 e. The Morgan fingerprint density at radius 3 is 2.53 bits per heavy atom. The standard InChI is InChI=1S/C28H38N4O5S/c1-3-9-23(26(33)28-31-22-12-7-8-13-25(22)37-28)30-27(34)24(32(2)21-14-16-29-17-15-21)19-38(35,36)18-20-10-5-4-6-11-20/h4-8,10-13,21,23-24,26,29,33H,3,9,14-19H2,1-2H3,(H,30,34)/t23-,24-,26?/m0/s1. The quantitative estimate of drug-likeness (QED) is 0.319. The van der Waals surface area contributed by atoms with E-state index in [4.69, 9.17) is 4.42 Å². The summed E-state index contributed by atoms with van der Waals surface area (Å²) in [4.78, 5) is 20.1. The lowest BCUT2D eigenvalue weighted by Gasteiger charge is -2.37. The Bertz CT molecular complexity index is 1260. The summed E-state index contributed by atoms with van der Waals surface area (Å²) in [6, 6.07) is 14.7. The van der Waals surface area contributed by atoms with E-state index in [2.05, 4.69) is 15.6 Å². The number of hydrogen-bond donors (Lipinski definition) is 3. The van der Waals surface area contributed by atoms with Crippen molar-refractivity contribution in [1.29, 1.82) is 0 Å². The van der Waals surface area contributed by atoms with Gasteiger partial charge < -0.3 is 20.2 Å². The predicted molar refractivity (Wildman–Crippen MR) is 147 cm³/mol. The fourth-order valence-electron chi connectivity index (χ4n) is 5.06. The summed E-state index contributed by atoms with van der Waals surface area (Å²) in [6.07, 6.45) is 1.65. The number of sulfone groups is 1. The summed E-state index contributed by atoms with van der Waals surface area (Å²) in [6.45, 7) is 3.59. The molecule has 0 bridgehead atoms. The number of carbonyl (C=O) groups is 1. The normalized spacial score (nSPS) is 17.4. The third-order valence-electron chi connectivity index (χ3n) is 7.19. The van der Waals surface area contributed by atoms with Crippen LogP contribution in [0.2, 0.25) is 0 Å². The minimum atomic E-state index is -3.61. The zero-order valence-electron chi connectivity index (χ0n) is 22.0. The van der Waals surface area contributed by atoms with Crippen LogP contribution in [0.4, 0.5) is 0 Å². The highest BCUT2D eigenvalue weighted by Crippen LogP contribution is 2.25. The van der Waals surface area contributed by atoms with Gasteiger partial charge in [-0.15, -0.1) is 0 Å². The summed E-state index contributed by atoms with van der Waals surface area (Å²) in [5.41, 5.74) is 1.86. The molecule has 1 unspecified atom stereocenters. The second-order valence-electron chi connectivity index (χ2n) is 10.1. The molecule has 0 spiro atoms. The number of fused-ring (bicyclic) bond motifs is 1. The molecule has 9 nitrogen and oxygen atoms in total. The Balaban J connectivity index is 1.55. The first-order valence-corrected chi connectivity index (χ1v) is 15.1. The minimum absolute atomic E-state index is 0.0745. The fourth-order valence-corrected chi connectivity index (χ4v) is 6.75. The first kappa shape index (κ1) is 28.2. The van der Waals surface area contributed by atoms with Crippen molar-refractivity contribution < 1.29 is 22.7 Å². The Morgan fingerprint density at radius 1 is 1.16 bits per heavy atom. The van der Waals surface area contributed by atoms with Crippen molar-refractivity contribution in [3.8, 4) is 0 Å². The second kappa shape index (κ2) is 12.8. The van der Waals surface area contributed by atoms with Crippen LogP contribution in [-0.2, 0) is 20.4 Å². The molecule has 2 heterocycles. The van der Waals surface area contributed by atoms with Gasteiger partial charge in [0.25, 0.3) is 0 Å². The van der Waals surface area contributed by atoms with Crippen molar-refractivity contribution in [2.45, 2.75) is 62.6 Å². The molecule has 2 aromatic carbocycles. The van der Waals surface area contributed by atoms with Gasteiger partial charge >= 0.3 is 0 Å². The monoisotopic (exact) mass is 542 g/mol. The number of oxazole rings is 1. The Hall–Kier alpha value is -2.79. The van der Waals surface area contributed by atoms with E-state index in [0.29, 0.717) is 29.5 Å². The third-order valence-corrected chi connectivity index (χ3v) is 8.79. The van der Waals surface area contributed by atoms with Crippen molar-refractivity contribution >= 4 is 26.8 Å². The molecule has 1 amide bonds. The van der Waals surface area contributed by atoms with Crippen molar-refractivity contribution in [2.24, 2.45) is 0 Å². The molecule has 10 heteroatoms. The first-order chi connectivity index (χ1) is 18.3. The van der Waals surface area contributed by atoms with Gasteiger partial charge in [0.15, 0.2) is 21.5 Å². The molecule has 3 atom stereocenters. The number of para-hydroxylation sites is 2. The average Bonchev–Trinajstić information content (AvgIpc) is 3.36. The molecule has 1 aliphatic rings. The lowest BCUT2D eigenvalue weighted by molar-refractivity contribution is -0.128. The summed E-state index contributed by atoms with van der Waals surface area (Å²) >= 11 is 0. The number of hydrogen-bond acceptors (Lipinski definition) is 8. The van der Waals surface area contributed by atoms with Crippen LogP contribution in [-0.4, -0.2) is 73.3 Å². The molecule has 1 saturated heterocycles. The first-order valence-electron chi connectivity index (χ1n) is 13.3. The van der Waals surface area contributed by atoms with Crippen LogP contribution in [0.3, 0.4) is 0 Å². The van der Waals surface area contributed by atoms with Gasteiger partial charge in [0.2, 0.25) is 11.8 Å². The van der Waals surface area contributed by atoms with Crippen molar-refractivity contribution in [1.82, 2.24) is 20.5 Å². The minimum Gasteiger partial charge on any atom is -0.438 e. The lowest BCUT2D eigenvalue weighted by atomic mass is 10.0. The third kappa shape index (κ3) is 7.19. The van der Waals surface area contributed by atoms with Gasteiger partial charge in [0.1, 0.15) is 11.6 Å². The number of nitrogens with one attached hydrogen (secondary N) is 2. The van der Waals surface area contributed by atoms with Crippen molar-refractivity contribution in [3.63, 3.8) is 0 Å². The summed E-state index contributed by atoms with van der Waals surface area (Å²) in [5, 5.41) is 17.4. The molecule has 206 valence electrons. The highest BCUT2D eigenvalue weighted by atomic mass is 32.2. The number of amides is 1. The number of aliphatic hydroxyl groups excluding tert-OH is 1. The SMILES string of the molecule is CCC[C@H](NC(=O)[C@H](CS(=O)(=O)Cc1ccccc1)N(C)C1CCNCC1)C(O)c1nc2ccccc2o1. The van der Waals surface area contributed by atoms with E-state index in [1.54, 1.807) is 36.4 Å². The van der Waals surface area contributed by atoms with Crippen LogP contribution < -0.4 is 10.6 Å². The molecule has 1 aromatic heterocycles. The topological polar surface area (TPSA) is 125 Å². The van der Waals surface area contributed by atoms with Crippen molar-refractivity contribution in [3.05, 3.63) is 66.1 Å². The van der Waals surface area contributed by atoms with Crippen LogP contribution >= 0.6 is 0 Å². The number of rotatable bonds is 12. The molecule has 0 aliphatic carbocycles. The van der Waals surface area contributed by atoms with Gasteiger partial charge in [-0.25, -0.2) is 13.4 Å². The van der Waals surface area contributed by atoms with Crippen LogP contribution in [0, 0.1) is 0 Å². The molecule has 1 aliphatic heterocycles. The number of piperidine rings is 1. The van der Waals surface area contributed by atoms with Gasteiger partial charge in [-0.1, -0.05) is 55.8 Å². The maximum atomic E-state index is 13.8. The van der Waals surface area contributed by atoms with E-state index in [1.165, 1.54) is 0 Å². The number of likely N-dealkylation sites (N-methyl/N-ethyl adjacent to an activating group) is 1. The zero-order valence-corrected chi connectivity index (χ0v) is 22.9. The summed E-state index contributed by atoms with van der Waals surface area (Å²) in [5.74, 6) is -0.741. The molecule has 1 fully saturated rings. The van der Waals surface area contributed by atoms with E-state index < -0.39 is 33.9 Å². The Labute approximate surface area is 224 Å². The number of nitrogens with zero attached hydrogens (tertiary/aromatic N) is 2.